The first kappa shape index (κ1) is 15.6. The van der Waals surface area contributed by atoms with Gasteiger partial charge in [-0.1, -0.05) is 12.8 Å². The normalized spacial score (nSPS) is 34.3. The van der Waals surface area contributed by atoms with Gasteiger partial charge in [-0.15, -0.1) is 0 Å². The molecule has 128 valence electrons. The average molecular weight is 318 g/mol. The first-order valence-electron chi connectivity index (χ1n) is 9.40. The van der Waals surface area contributed by atoms with Crippen LogP contribution in [0, 0.1) is 17.8 Å². The molecule has 5 rings (SSSR count). The maximum Gasteiger partial charge on any atom is 0.176 e. The van der Waals surface area contributed by atoms with Crippen molar-refractivity contribution in [2.75, 3.05) is 7.11 Å². The van der Waals surface area contributed by atoms with E-state index in [1.54, 1.807) is 7.11 Å². The summed E-state index contributed by atoms with van der Waals surface area (Å²) in [7, 11) is 1.70. The number of nitrogens with one attached hydrogen (secondary N) is 1. The second-order valence-electron chi connectivity index (χ2n) is 7.93. The van der Waals surface area contributed by atoms with Crippen molar-refractivity contribution in [1.82, 2.24) is 20.1 Å². The molecule has 1 aromatic heterocycles. The molecule has 1 aliphatic heterocycles. The van der Waals surface area contributed by atoms with Crippen molar-refractivity contribution >= 4 is 0 Å². The minimum absolute atomic E-state index is 0.514. The Kier molecular flexibility index (Phi) is 4.41. The number of rotatable bonds is 5. The molecule has 2 bridgehead atoms. The first-order chi connectivity index (χ1) is 11.2. The van der Waals surface area contributed by atoms with E-state index in [2.05, 4.69) is 27.0 Å². The van der Waals surface area contributed by atoms with Gasteiger partial charge in [0.15, 0.2) is 5.82 Å². The van der Waals surface area contributed by atoms with Crippen LogP contribution in [0.25, 0.3) is 0 Å². The van der Waals surface area contributed by atoms with Gasteiger partial charge in [0.1, 0.15) is 12.4 Å². The third kappa shape index (κ3) is 3.18. The highest BCUT2D eigenvalue weighted by atomic mass is 16.5. The molecule has 3 atom stereocenters. The van der Waals surface area contributed by atoms with Crippen LogP contribution in [0.5, 0.6) is 0 Å². The zero-order valence-electron chi connectivity index (χ0n) is 14.5. The minimum Gasteiger partial charge on any atom is -0.377 e. The third-order valence-corrected chi connectivity index (χ3v) is 6.42. The van der Waals surface area contributed by atoms with E-state index in [0.717, 1.165) is 42.4 Å². The highest BCUT2D eigenvalue weighted by molar-refractivity contribution is 4.99. The molecule has 3 fully saturated rings. The van der Waals surface area contributed by atoms with Crippen molar-refractivity contribution in [1.29, 1.82) is 0 Å². The molecular formula is C18H30N4O. The molecule has 5 heteroatoms. The summed E-state index contributed by atoms with van der Waals surface area (Å²) in [6, 6.07) is 1.17. The van der Waals surface area contributed by atoms with E-state index >= 15 is 0 Å². The zero-order valence-corrected chi connectivity index (χ0v) is 14.5. The minimum atomic E-state index is 0.514. The van der Waals surface area contributed by atoms with E-state index in [0.29, 0.717) is 18.7 Å². The fourth-order valence-electron chi connectivity index (χ4n) is 5.22. The summed E-state index contributed by atoms with van der Waals surface area (Å²) in [6.07, 6.45) is 9.58. The van der Waals surface area contributed by atoms with Gasteiger partial charge in [0.2, 0.25) is 0 Å². The van der Waals surface area contributed by atoms with Crippen LogP contribution < -0.4 is 5.32 Å². The molecule has 1 aromatic rings. The van der Waals surface area contributed by atoms with E-state index in [1.165, 1.54) is 38.5 Å². The first-order valence-corrected chi connectivity index (χ1v) is 9.40. The molecule has 0 aromatic carbocycles. The smallest absolute Gasteiger partial charge is 0.176 e. The van der Waals surface area contributed by atoms with Crippen molar-refractivity contribution in [3.8, 4) is 0 Å². The van der Waals surface area contributed by atoms with Gasteiger partial charge in [0, 0.05) is 25.6 Å². The van der Waals surface area contributed by atoms with E-state index in [1.807, 2.05) is 0 Å². The van der Waals surface area contributed by atoms with Crippen LogP contribution >= 0.6 is 0 Å². The van der Waals surface area contributed by atoms with Crippen molar-refractivity contribution in [3.63, 3.8) is 0 Å². The lowest BCUT2D eigenvalue weighted by Crippen LogP contribution is -2.49. The lowest BCUT2D eigenvalue weighted by Gasteiger charge is -2.46. The van der Waals surface area contributed by atoms with Crippen LogP contribution in [0.3, 0.4) is 0 Å². The highest BCUT2D eigenvalue weighted by Crippen LogP contribution is 2.46. The molecule has 4 aliphatic rings. The summed E-state index contributed by atoms with van der Waals surface area (Å²) in [5.74, 6) is 4.82. The monoisotopic (exact) mass is 318 g/mol. The Morgan fingerprint density at radius 3 is 2.78 bits per heavy atom. The van der Waals surface area contributed by atoms with Crippen LogP contribution in [-0.4, -0.2) is 34.0 Å². The quantitative estimate of drug-likeness (QED) is 0.906. The van der Waals surface area contributed by atoms with E-state index in [-0.39, 0.29) is 0 Å². The van der Waals surface area contributed by atoms with Crippen LogP contribution in [0.2, 0.25) is 0 Å². The van der Waals surface area contributed by atoms with Gasteiger partial charge in [-0.3, -0.25) is 0 Å². The molecule has 0 radical (unpaired) electrons. The van der Waals surface area contributed by atoms with E-state index in [4.69, 9.17) is 4.74 Å². The molecule has 0 amide bonds. The fourth-order valence-corrected chi connectivity index (χ4v) is 5.22. The van der Waals surface area contributed by atoms with Crippen LogP contribution in [0.1, 0.15) is 57.1 Å². The van der Waals surface area contributed by atoms with E-state index in [9.17, 15) is 0 Å². The standard InChI is InChI=1S/C18H30N4O/c1-12(16-9-13-3-5-14(16)6-4-13)19-15-7-8-18-20-17(11-23-2)21-22(18)10-15/h12-16,19H,3-11H2,1-2H3/t12-,13?,14?,15-,16-/m1/s1. The number of aromatic nitrogens is 3. The van der Waals surface area contributed by atoms with Gasteiger partial charge in [0.25, 0.3) is 0 Å². The molecule has 23 heavy (non-hydrogen) atoms. The van der Waals surface area contributed by atoms with Gasteiger partial charge < -0.3 is 10.1 Å². The number of aryl methyl sites for hydroxylation is 1. The SMILES string of the molecule is COCc1nc2n(n1)C[C@H](N[C@H](C)[C@H]1CC3CCC1CC3)CC2. The largest absolute Gasteiger partial charge is 0.377 e. The number of hydrogen-bond acceptors (Lipinski definition) is 4. The summed E-state index contributed by atoms with van der Waals surface area (Å²) in [5.41, 5.74) is 0. The summed E-state index contributed by atoms with van der Waals surface area (Å²) in [6.45, 7) is 3.88. The second-order valence-corrected chi connectivity index (χ2v) is 7.93. The number of methoxy groups -OCH3 is 1. The molecule has 0 saturated heterocycles. The summed E-state index contributed by atoms with van der Waals surface area (Å²) in [5, 5.41) is 8.52. The summed E-state index contributed by atoms with van der Waals surface area (Å²) < 4.78 is 7.24. The third-order valence-electron chi connectivity index (χ3n) is 6.42. The Hall–Kier alpha value is -0.940. The highest BCUT2D eigenvalue weighted by Gasteiger charge is 2.38. The molecule has 3 aliphatic carbocycles. The Morgan fingerprint density at radius 1 is 1.26 bits per heavy atom. The average Bonchev–Trinajstić information content (AvgIpc) is 2.98. The van der Waals surface area contributed by atoms with Crippen LogP contribution in [0.4, 0.5) is 0 Å². The van der Waals surface area contributed by atoms with Crippen molar-refractivity contribution in [2.45, 2.75) is 77.1 Å². The molecule has 2 heterocycles. The topological polar surface area (TPSA) is 52.0 Å². The molecule has 5 nitrogen and oxygen atoms in total. The van der Waals surface area contributed by atoms with Gasteiger partial charge in [-0.2, -0.15) is 5.10 Å². The maximum absolute atomic E-state index is 5.15. The number of nitrogens with zero attached hydrogens (tertiary/aromatic N) is 3. The van der Waals surface area contributed by atoms with Crippen molar-refractivity contribution in [2.24, 2.45) is 17.8 Å². The summed E-state index contributed by atoms with van der Waals surface area (Å²) >= 11 is 0. The Balaban J connectivity index is 1.36. The Morgan fingerprint density at radius 2 is 2.09 bits per heavy atom. The zero-order chi connectivity index (χ0) is 15.8. The second kappa shape index (κ2) is 6.52. The van der Waals surface area contributed by atoms with Crippen molar-refractivity contribution in [3.05, 3.63) is 11.6 Å². The number of ether oxygens (including phenoxy) is 1. The van der Waals surface area contributed by atoms with Crippen molar-refractivity contribution < 1.29 is 4.74 Å². The van der Waals surface area contributed by atoms with Crippen LogP contribution in [0.15, 0.2) is 0 Å². The number of hydrogen-bond donors (Lipinski definition) is 1. The van der Waals surface area contributed by atoms with Gasteiger partial charge in [-0.05, 0) is 50.4 Å². The lowest BCUT2D eigenvalue weighted by atomic mass is 9.63. The predicted octanol–water partition coefficient (Wildman–Crippen LogP) is 2.54. The lowest BCUT2D eigenvalue weighted by molar-refractivity contribution is 0.0697. The molecule has 3 saturated carbocycles. The van der Waals surface area contributed by atoms with E-state index < -0.39 is 0 Å². The van der Waals surface area contributed by atoms with Gasteiger partial charge >= 0.3 is 0 Å². The van der Waals surface area contributed by atoms with Gasteiger partial charge in [-0.25, -0.2) is 9.67 Å². The summed E-state index contributed by atoms with van der Waals surface area (Å²) in [4.78, 5) is 4.57. The predicted molar refractivity (Wildman–Crippen MR) is 89.0 cm³/mol. The van der Waals surface area contributed by atoms with Gasteiger partial charge in [0.05, 0.1) is 6.54 Å². The molecule has 1 N–H and O–H groups in total. The fraction of sp³-hybridized carbons (Fsp3) is 0.889. The van der Waals surface area contributed by atoms with Crippen LogP contribution in [-0.2, 0) is 24.3 Å². The Bertz CT molecular complexity index is 535. The maximum atomic E-state index is 5.15. The Labute approximate surface area is 139 Å². The number of fused-ring (bicyclic) bond motifs is 4. The molecular weight excluding hydrogens is 288 g/mol. The molecule has 0 unspecified atom stereocenters. The molecule has 0 spiro atoms.